The van der Waals surface area contributed by atoms with Gasteiger partial charge in [-0.3, -0.25) is 28.2 Å². The van der Waals surface area contributed by atoms with Crippen LogP contribution in [-0.4, -0.2) is 49.7 Å². The molecule has 4 aromatic carbocycles. The van der Waals surface area contributed by atoms with Gasteiger partial charge in [0, 0.05) is 43.5 Å². The first-order valence-corrected chi connectivity index (χ1v) is 22.0. The molecule has 0 aliphatic heterocycles. The topological polar surface area (TPSA) is 146 Å². The number of sulfonamides is 1. The molecule has 2 N–H and O–H groups in total. The van der Waals surface area contributed by atoms with Gasteiger partial charge in [0.25, 0.3) is 23.8 Å². The van der Waals surface area contributed by atoms with Gasteiger partial charge in [0.05, 0.1) is 44.8 Å². The average molecular weight is 945 g/mol. The third-order valence-corrected chi connectivity index (χ3v) is 12.4. The van der Waals surface area contributed by atoms with Gasteiger partial charge in [-0.25, -0.2) is 39.7 Å². The minimum absolute atomic E-state index is 0.0136. The van der Waals surface area contributed by atoms with Crippen LogP contribution in [0.4, 0.5) is 40.9 Å². The maximum Gasteiger partial charge on any atom is 0.293 e. The molecule has 65 heavy (non-hydrogen) atoms. The molecule has 0 unspecified atom stereocenters. The van der Waals surface area contributed by atoms with Crippen LogP contribution in [0.25, 0.3) is 38.6 Å². The van der Waals surface area contributed by atoms with Gasteiger partial charge in [0.2, 0.25) is 15.9 Å². The lowest BCUT2D eigenvalue weighted by molar-refractivity contribution is -0.123. The Labute approximate surface area is 367 Å². The number of rotatable bonds is 12. The minimum Gasteiger partial charge on any atom is -0.344 e. The molecule has 338 valence electrons. The third kappa shape index (κ3) is 7.87. The number of alkyl halides is 6. The first kappa shape index (κ1) is 43.9. The average Bonchev–Trinajstić information content (AvgIpc) is 3.75. The molecule has 1 fully saturated rings. The largest absolute Gasteiger partial charge is 0.344 e. The van der Waals surface area contributed by atoms with Gasteiger partial charge in [-0.2, -0.15) is 19.0 Å². The van der Waals surface area contributed by atoms with Crippen molar-refractivity contribution >= 4 is 55.2 Å². The van der Waals surface area contributed by atoms with Crippen molar-refractivity contribution in [2.24, 2.45) is 13.0 Å². The van der Waals surface area contributed by atoms with Crippen LogP contribution in [0.5, 0.6) is 0 Å². The van der Waals surface area contributed by atoms with Gasteiger partial charge in [-0.1, -0.05) is 35.9 Å². The van der Waals surface area contributed by atoms with E-state index in [0.29, 0.717) is 21.9 Å². The van der Waals surface area contributed by atoms with Crippen LogP contribution in [0.1, 0.15) is 65.6 Å². The van der Waals surface area contributed by atoms with Crippen LogP contribution >= 0.6 is 11.6 Å². The molecule has 1 amide bonds. The van der Waals surface area contributed by atoms with Gasteiger partial charge in [-0.15, -0.1) is 0 Å². The van der Waals surface area contributed by atoms with Crippen molar-refractivity contribution in [1.29, 1.82) is 0 Å². The summed E-state index contributed by atoms with van der Waals surface area (Å²) in [6.45, 7) is -0.310. The molecular weight excluding hydrogens is 912 g/mol. The Hall–Kier alpha value is -6.35. The van der Waals surface area contributed by atoms with E-state index in [2.05, 4.69) is 20.2 Å². The van der Waals surface area contributed by atoms with Gasteiger partial charge >= 0.3 is 0 Å². The van der Waals surface area contributed by atoms with Crippen LogP contribution < -0.4 is 15.6 Å². The number of halogens is 9. The number of carbonyl (C=O) groups is 1. The SMILES string of the molecule is Cn1nc(NS(C)(=O)=O)c2c(Cl)ccc(-n3c([C@H](Cc4cc(F)cc(F)c4)NC(=O)Cn4nc(C(F)F)c5c4C(F)(F)[C@@H]4C[C@H]54)nc4cc(-c5cccc(C(C)(F)F)c5)ccc4c3=O)c21. The van der Waals surface area contributed by atoms with Crippen LogP contribution in [-0.2, 0) is 46.7 Å². The lowest BCUT2D eigenvalue weighted by atomic mass is 9.99. The first-order chi connectivity index (χ1) is 30.5. The quantitative estimate of drug-likeness (QED) is 0.117. The molecule has 3 aromatic heterocycles. The number of nitrogens with zero attached hydrogens (tertiary/aromatic N) is 6. The van der Waals surface area contributed by atoms with Gasteiger partial charge in [0.15, 0.2) is 5.82 Å². The Morgan fingerprint density at radius 2 is 1.71 bits per heavy atom. The predicted molar refractivity (Wildman–Crippen MR) is 223 cm³/mol. The van der Waals surface area contributed by atoms with Crippen molar-refractivity contribution in [3.8, 4) is 16.8 Å². The summed E-state index contributed by atoms with van der Waals surface area (Å²) in [6.07, 6.45) is -2.93. The lowest BCUT2D eigenvalue weighted by Gasteiger charge is -2.24. The Balaban J connectivity index is 1.26. The molecule has 2 aliphatic carbocycles. The first-order valence-electron chi connectivity index (χ1n) is 19.7. The maximum atomic E-state index is 15.6. The number of anilines is 1. The Morgan fingerprint density at radius 1 is 1.00 bits per heavy atom. The lowest BCUT2D eigenvalue weighted by Crippen LogP contribution is -2.38. The summed E-state index contributed by atoms with van der Waals surface area (Å²) in [7, 11) is -2.54. The van der Waals surface area contributed by atoms with Crippen molar-refractivity contribution in [2.45, 2.75) is 56.5 Å². The highest BCUT2D eigenvalue weighted by Crippen LogP contribution is 2.68. The summed E-state index contributed by atoms with van der Waals surface area (Å²) in [6, 6.07) is 13.3. The van der Waals surface area contributed by atoms with Gasteiger partial charge in [-0.05, 0) is 71.5 Å². The molecule has 3 heterocycles. The Bertz CT molecular complexity index is 3290. The molecule has 0 bridgehead atoms. The van der Waals surface area contributed by atoms with Crippen molar-refractivity contribution < 1.29 is 48.3 Å². The van der Waals surface area contributed by atoms with Gasteiger partial charge < -0.3 is 5.32 Å². The van der Waals surface area contributed by atoms with Gasteiger partial charge in [0.1, 0.15) is 35.4 Å². The number of hydrogen-bond donors (Lipinski definition) is 2. The Kier molecular flexibility index (Phi) is 10.4. The summed E-state index contributed by atoms with van der Waals surface area (Å²) in [5.74, 6) is -12.6. The minimum atomic E-state index is -3.95. The number of benzene rings is 4. The number of aryl methyl sites for hydroxylation is 1. The fraction of sp³-hybridized carbons (Fsp3) is 0.279. The summed E-state index contributed by atoms with van der Waals surface area (Å²) in [5, 5.41) is 10.6. The van der Waals surface area contributed by atoms with Crippen LogP contribution in [0, 0.1) is 17.6 Å². The van der Waals surface area contributed by atoms with E-state index < -0.39 is 93.6 Å². The van der Waals surface area contributed by atoms with Crippen molar-refractivity contribution in [1.82, 2.24) is 34.4 Å². The number of carbonyl (C=O) groups excluding carboxylic acids is 1. The molecular formula is C43H33ClF8N8O4S. The molecule has 22 heteroatoms. The number of aromatic nitrogens is 6. The molecule has 0 saturated heterocycles. The number of hydrogen-bond acceptors (Lipinski definition) is 7. The van der Waals surface area contributed by atoms with E-state index in [4.69, 9.17) is 16.6 Å². The molecule has 3 atom stereocenters. The zero-order chi connectivity index (χ0) is 46.7. The highest BCUT2D eigenvalue weighted by atomic mass is 35.5. The highest BCUT2D eigenvalue weighted by molar-refractivity contribution is 7.92. The molecule has 0 radical (unpaired) electrons. The third-order valence-electron chi connectivity index (χ3n) is 11.5. The molecule has 9 rings (SSSR count). The maximum absolute atomic E-state index is 15.6. The second-order valence-electron chi connectivity index (χ2n) is 16.2. The van der Waals surface area contributed by atoms with E-state index in [1.54, 1.807) is 6.07 Å². The molecule has 0 spiro atoms. The van der Waals surface area contributed by atoms with Crippen molar-refractivity contribution in [2.75, 3.05) is 11.0 Å². The predicted octanol–water partition coefficient (Wildman–Crippen LogP) is 8.80. The molecule has 2 aliphatic rings. The summed E-state index contributed by atoms with van der Waals surface area (Å²) in [4.78, 5) is 34.0. The summed E-state index contributed by atoms with van der Waals surface area (Å²) in [5.41, 5.74) is -2.69. The van der Waals surface area contributed by atoms with E-state index in [1.807, 2.05) is 0 Å². The zero-order valence-corrected chi connectivity index (χ0v) is 35.6. The second kappa shape index (κ2) is 15.4. The number of nitrogens with one attached hydrogen (secondary N) is 2. The van der Waals surface area contributed by atoms with Crippen molar-refractivity contribution in [3.05, 3.63) is 134 Å². The van der Waals surface area contributed by atoms with E-state index in [1.165, 1.54) is 60.3 Å². The van der Waals surface area contributed by atoms with Crippen LogP contribution in [0.15, 0.2) is 77.6 Å². The smallest absolute Gasteiger partial charge is 0.293 e. The fourth-order valence-corrected chi connectivity index (χ4v) is 9.47. The summed E-state index contributed by atoms with van der Waals surface area (Å²) < 4.78 is 148. The zero-order valence-electron chi connectivity index (χ0n) is 34.0. The Morgan fingerprint density at radius 3 is 2.38 bits per heavy atom. The molecule has 12 nitrogen and oxygen atoms in total. The van der Waals surface area contributed by atoms with Crippen molar-refractivity contribution in [3.63, 3.8) is 0 Å². The summed E-state index contributed by atoms with van der Waals surface area (Å²) >= 11 is 6.62. The standard InChI is InChI=1S/C43H33ClF8N8O4S/c1-42(49,50)22-6-4-5-20(14-22)21-7-8-25-29(15-21)54-40(60(41(25)62)31-10-9-28(44)34-36(31)58(2)56-39(34)57-65(3,63)64)30(13-19-11-23(45)16-24(46)12-19)53-32(61)18-59-37-33(35(55-59)38(47)48)26-17-27(26)43(37,51)52/h4-12,14-16,26-27,30,38H,13,17-18H2,1-3H3,(H,53,61)(H,56,57)/t26-,27+,30-/m0/s1. The van der Waals surface area contributed by atoms with E-state index in [9.17, 15) is 39.6 Å². The monoisotopic (exact) mass is 944 g/mol. The van der Waals surface area contributed by atoms with E-state index in [-0.39, 0.29) is 67.3 Å². The van der Waals surface area contributed by atoms with Crippen LogP contribution in [0.3, 0.4) is 0 Å². The molecule has 7 aromatic rings. The van der Waals surface area contributed by atoms with E-state index >= 15 is 13.6 Å². The van der Waals surface area contributed by atoms with Crippen LogP contribution in [0.2, 0.25) is 5.02 Å². The highest BCUT2D eigenvalue weighted by Gasteiger charge is 2.67. The van der Waals surface area contributed by atoms with E-state index in [0.717, 1.165) is 29.9 Å². The number of fused-ring (bicyclic) bond motifs is 5. The fourth-order valence-electron chi connectivity index (χ4n) is 8.73. The normalized spacial score (nSPS) is 17.1. The second-order valence-corrected chi connectivity index (χ2v) is 18.4. The molecule has 1 saturated carbocycles. The number of amides is 1.